The third-order valence-electron chi connectivity index (χ3n) is 3.44. The summed E-state index contributed by atoms with van der Waals surface area (Å²) in [6, 6.07) is 3.30. The van der Waals surface area contributed by atoms with E-state index >= 15 is 0 Å². The quantitative estimate of drug-likeness (QED) is 0.778. The highest BCUT2D eigenvalue weighted by Crippen LogP contribution is 2.48. The minimum Gasteiger partial charge on any atom is -0.242 e. The standard InChI is InChI=1S/C12H13ClFN3/c1-12(2)5-7(6-12)17-11-3-8(13)9(14)4-10(11)15-16-17/h3-4,7H,5-6H2,1-2H3. The number of hydrogen-bond donors (Lipinski definition) is 0. The van der Waals surface area contributed by atoms with Crippen LogP contribution in [0.15, 0.2) is 12.1 Å². The van der Waals surface area contributed by atoms with Crippen molar-refractivity contribution in [1.82, 2.24) is 15.0 Å². The zero-order valence-electron chi connectivity index (χ0n) is 9.74. The number of fused-ring (bicyclic) bond motifs is 1. The molecule has 0 unspecified atom stereocenters. The monoisotopic (exact) mass is 253 g/mol. The summed E-state index contributed by atoms with van der Waals surface area (Å²) in [6.07, 6.45) is 2.14. The lowest BCUT2D eigenvalue weighted by atomic mass is 9.68. The average molecular weight is 254 g/mol. The molecule has 0 saturated heterocycles. The van der Waals surface area contributed by atoms with Gasteiger partial charge in [-0.3, -0.25) is 0 Å². The van der Waals surface area contributed by atoms with Crippen LogP contribution in [0, 0.1) is 11.2 Å². The van der Waals surface area contributed by atoms with E-state index in [2.05, 4.69) is 24.2 Å². The fourth-order valence-corrected chi connectivity index (χ4v) is 2.75. The van der Waals surface area contributed by atoms with Gasteiger partial charge in [-0.05, 0) is 24.3 Å². The third kappa shape index (κ3) is 1.71. The highest BCUT2D eigenvalue weighted by Gasteiger charge is 2.38. The minimum atomic E-state index is -0.444. The lowest BCUT2D eigenvalue weighted by Crippen LogP contribution is -2.34. The van der Waals surface area contributed by atoms with Crippen molar-refractivity contribution in [3.63, 3.8) is 0 Å². The zero-order valence-corrected chi connectivity index (χ0v) is 10.5. The fourth-order valence-electron chi connectivity index (χ4n) is 2.59. The normalized spacial score (nSPS) is 19.5. The van der Waals surface area contributed by atoms with Crippen molar-refractivity contribution in [2.24, 2.45) is 5.41 Å². The second-order valence-electron chi connectivity index (χ2n) is 5.52. The Hall–Kier alpha value is -1.16. The summed E-state index contributed by atoms with van der Waals surface area (Å²) in [6.45, 7) is 4.46. The first-order valence-electron chi connectivity index (χ1n) is 5.66. The smallest absolute Gasteiger partial charge is 0.144 e. The molecule has 1 aromatic heterocycles. The first kappa shape index (κ1) is 11.0. The molecule has 0 atom stereocenters. The van der Waals surface area contributed by atoms with Gasteiger partial charge in [0.2, 0.25) is 0 Å². The molecule has 5 heteroatoms. The second kappa shape index (κ2) is 3.42. The van der Waals surface area contributed by atoms with Gasteiger partial charge in [0.05, 0.1) is 16.6 Å². The number of hydrogen-bond acceptors (Lipinski definition) is 2. The predicted octanol–water partition coefficient (Wildman–Crippen LogP) is 3.58. The van der Waals surface area contributed by atoms with E-state index in [-0.39, 0.29) is 5.02 Å². The summed E-state index contributed by atoms with van der Waals surface area (Å²) in [5, 5.41) is 8.22. The first-order chi connectivity index (χ1) is 7.96. The Morgan fingerprint density at radius 3 is 2.76 bits per heavy atom. The summed E-state index contributed by atoms with van der Waals surface area (Å²) in [7, 11) is 0. The largest absolute Gasteiger partial charge is 0.242 e. The van der Waals surface area contributed by atoms with Gasteiger partial charge in [-0.25, -0.2) is 9.07 Å². The highest BCUT2D eigenvalue weighted by molar-refractivity contribution is 6.31. The molecule has 1 aromatic carbocycles. The molecule has 90 valence electrons. The molecule has 0 N–H and O–H groups in total. The summed E-state index contributed by atoms with van der Waals surface area (Å²) >= 11 is 5.79. The summed E-state index contributed by atoms with van der Waals surface area (Å²) in [5.41, 5.74) is 1.75. The Balaban J connectivity index is 2.04. The van der Waals surface area contributed by atoms with E-state index in [0.717, 1.165) is 18.4 Å². The van der Waals surface area contributed by atoms with Gasteiger partial charge in [0.15, 0.2) is 0 Å². The molecule has 2 aromatic rings. The van der Waals surface area contributed by atoms with Crippen molar-refractivity contribution in [1.29, 1.82) is 0 Å². The van der Waals surface area contributed by atoms with Gasteiger partial charge in [-0.2, -0.15) is 0 Å². The number of rotatable bonds is 1. The fraction of sp³-hybridized carbons (Fsp3) is 0.500. The Bertz CT molecular complexity index is 583. The van der Waals surface area contributed by atoms with E-state index in [1.807, 2.05) is 4.68 Å². The highest BCUT2D eigenvalue weighted by atomic mass is 35.5. The molecule has 0 bridgehead atoms. The molecule has 3 rings (SSSR count). The zero-order chi connectivity index (χ0) is 12.2. The Labute approximate surface area is 104 Å². The Kier molecular flexibility index (Phi) is 2.20. The minimum absolute atomic E-state index is 0.125. The van der Waals surface area contributed by atoms with E-state index in [1.165, 1.54) is 6.07 Å². The van der Waals surface area contributed by atoms with Crippen molar-refractivity contribution < 1.29 is 4.39 Å². The molecule has 0 radical (unpaired) electrons. The van der Waals surface area contributed by atoms with E-state index < -0.39 is 5.82 Å². The van der Waals surface area contributed by atoms with Gasteiger partial charge in [0.25, 0.3) is 0 Å². The van der Waals surface area contributed by atoms with Crippen LogP contribution in [0.3, 0.4) is 0 Å². The second-order valence-corrected chi connectivity index (χ2v) is 5.92. The van der Waals surface area contributed by atoms with E-state index in [0.29, 0.717) is 17.0 Å². The van der Waals surface area contributed by atoms with Gasteiger partial charge < -0.3 is 0 Å². The van der Waals surface area contributed by atoms with Crippen LogP contribution in [-0.4, -0.2) is 15.0 Å². The van der Waals surface area contributed by atoms with Crippen molar-refractivity contribution in [2.45, 2.75) is 32.7 Å². The number of benzene rings is 1. The molecular formula is C12H13ClFN3. The molecular weight excluding hydrogens is 241 g/mol. The van der Waals surface area contributed by atoms with Crippen LogP contribution < -0.4 is 0 Å². The molecule has 1 aliphatic carbocycles. The molecule has 0 aliphatic heterocycles. The van der Waals surface area contributed by atoms with Crippen LogP contribution >= 0.6 is 11.6 Å². The molecule has 1 saturated carbocycles. The SMILES string of the molecule is CC1(C)CC(n2nnc3cc(F)c(Cl)cc32)C1. The average Bonchev–Trinajstić information content (AvgIpc) is 2.58. The molecule has 3 nitrogen and oxygen atoms in total. The lowest BCUT2D eigenvalue weighted by molar-refractivity contribution is 0.0966. The van der Waals surface area contributed by atoms with Crippen LogP contribution in [0.5, 0.6) is 0 Å². The lowest BCUT2D eigenvalue weighted by Gasteiger charge is -2.42. The van der Waals surface area contributed by atoms with E-state index in [4.69, 9.17) is 11.6 Å². The van der Waals surface area contributed by atoms with Gasteiger partial charge in [-0.15, -0.1) is 5.10 Å². The maximum absolute atomic E-state index is 13.3. The number of halogens is 2. The number of nitrogens with zero attached hydrogens (tertiary/aromatic N) is 3. The van der Waals surface area contributed by atoms with Crippen LogP contribution in [0.2, 0.25) is 5.02 Å². The van der Waals surface area contributed by atoms with Crippen molar-refractivity contribution in [3.05, 3.63) is 23.0 Å². The topological polar surface area (TPSA) is 30.7 Å². The molecule has 0 amide bonds. The first-order valence-corrected chi connectivity index (χ1v) is 6.04. The Morgan fingerprint density at radius 1 is 1.41 bits per heavy atom. The van der Waals surface area contributed by atoms with Crippen molar-refractivity contribution in [2.75, 3.05) is 0 Å². The van der Waals surface area contributed by atoms with Crippen LogP contribution in [0.4, 0.5) is 4.39 Å². The predicted molar refractivity (Wildman–Crippen MR) is 64.5 cm³/mol. The van der Waals surface area contributed by atoms with E-state index in [1.54, 1.807) is 6.07 Å². The molecule has 1 aliphatic rings. The molecule has 0 spiro atoms. The van der Waals surface area contributed by atoms with Gasteiger partial charge in [0, 0.05) is 6.07 Å². The Morgan fingerprint density at radius 2 is 2.12 bits per heavy atom. The summed E-state index contributed by atoms with van der Waals surface area (Å²) in [5.74, 6) is -0.444. The molecule has 1 heterocycles. The summed E-state index contributed by atoms with van der Waals surface area (Å²) < 4.78 is 15.1. The van der Waals surface area contributed by atoms with Crippen molar-refractivity contribution >= 4 is 22.6 Å². The maximum atomic E-state index is 13.3. The van der Waals surface area contributed by atoms with Crippen LogP contribution in [-0.2, 0) is 0 Å². The van der Waals surface area contributed by atoms with Crippen molar-refractivity contribution in [3.8, 4) is 0 Å². The third-order valence-corrected chi connectivity index (χ3v) is 3.73. The van der Waals surface area contributed by atoms with Crippen LogP contribution in [0.1, 0.15) is 32.7 Å². The van der Waals surface area contributed by atoms with Gasteiger partial charge in [-0.1, -0.05) is 30.7 Å². The van der Waals surface area contributed by atoms with E-state index in [9.17, 15) is 4.39 Å². The molecule has 17 heavy (non-hydrogen) atoms. The molecule has 1 fully saturated rings. The summed E-state index contributed by atoms with van der Waals surface area (Å²) in [4.78, 5) is 0. The number of aromatic nitrogens is 3. The van der Waals surface area contributed by atoms with Gasteiger partial charge in [0.1, 0.15) is 11.3 Å². The van der Waals surface area contributed by atoms with Crippen LogP contribution in [0.25, 0.3) is 11.0 Å². The maximum Gasteiger partial charge on any atom is 0.144 e. The van der Waals surface area contributed by atoms with Gasteiger partial charge >= 0.3 is 0 Å².